The minimum absolute atomic E-state index is 0.285. The predicted molar refractivity (Wildman–Crippen MR) is 94.1 cm³/mol. The summed E-state index contributed by atoms with van der Waals surface area (Å²) in [6.07, 6.45) is -4.46. The summed E-state index contributed by atoms with van der Waals surface area (Å²) in [4.78, 5) is 12.6. The molecular weight excluding hydrogens is 345 g/mol. The highest BCUT2D eigenvalue weighted by atomic mass is 19.4. The molecule has 0 saturated heterocycles. The molecule has 2 aromatic rings. The van der Waals surface area contributed by atoms with Crippen LogP contribution in [0.2, 0.25) is 0 Å². The minimum Gasteiger partial charge on any atom is -0.492 e. The summed E-state index contributed by atoms with van der Waals surface area (Å²) in [6, 6.07) is 11.5. The number of rotatable bonds is 6. The quantitative estimate of drug-likeness (QED) is 0.813. The average Bonchev–Trinajstić information content (AvgIpc) is 2.60. The molecule has 0 unspecified atom stereocenters. The first-order chi connectivity index (χ1) is 12.1. The van der Waals surface area contributed by atoms with E-state index in [1.165, 1.54) is 12.1 Å². The van der Waals surface area contributed by atoms with Gasteiger partial charge in [0.25, 0.3) is 0 Å². The Labute approximate surface area is 150 Å². The van der Waals surface area contributed by atoms with Crippen LogP contribution in [0.4, 0.5) is 18.9 Å². The van der Waals surface area contributed by atoms with E-state index in [0.29, 0.717) is 24.6 Å². The summed E-state index contributed by atoms with van der Waals surface area (Å²) in [6.45, 7) is 3.94. The molecule has 140 valence electrons. The third kappa shape index (κ3) is 4.76. The number of nitrogens with two attached hydrogens (primary N) is 1. The smallest absolute Gasteiger partial charge is 0.416 e. The monoisotopic (exact) mass is 366 g/mol. The average molecular weight is 366 g/mol. The molecule has 0 bridgehead atoms. The van der Waals surface area contributed by atoms with Gasteiger partial charge in [-0.1, -0.05) is 18.2 Å². The Kier molecular flexibility index (Phi) is 5.92. The lowest BCUT2D eigenvalue weighted by molar-refractivity contribution is -0.137. The summed E-state index contributed by atoms with van der Waals surface area (Å²) < 4.78 is 44.1. The highest BCUT2D eigenvalue weighted by Gasteiger charge is 2.34. The van der Waals surface area contributed by atoms with E-state index >= 15 is 0 Å². The molecule has 0 aliphatic rings. The van der Waals surface area contributed by atoms with Gasteiger partial charge in [-0.3, -0.25) is 4.79 Å². The van der Waals surface area contributed by atoms with Gasteiger partial charge in [-0.2, -0.15) is 13.2 Å². The molecule has 0 aliphatic heterocycles. The van der Waals surface area contributed by atoms with Crippen LogP contribution in [0.3, 0.4) is 0 Å². The van der Waals surface area contributed by atoms with Gasteiger partial charge < -0.3 is 15.8 Å². The van der Waals surface area contributed by atoms with Gasteiger partial charge in [-0.05, 0) is 49.7 Å². The van der Waals surface area contributed by atoms with E-state index < -0.39 is 23.1 Å². The number of carbonyl (C=O) groups is 1. The maximum atomic E-state index is 12.9. The Bertz CT molecular complexity index is 756. The molecule has 0 aliphatic carbocycles. The number of amides is 1. The molecule has 3 N–H and O–H groups in total. The summed E-state index contributed by atoms with van der Waals surface area (Å²) in [7, 11) is 0. The van der Waals surface area contributed by atoms with Crippen LogP contribution >= 0.6 is 0 Å². The van der Waals surface area contributed by atoms with Crippen LogP contribution in [-0.2, 0) is 16.4 Å². The molecule has 0 saturated carbocycles. The Morgan fingerprint density at radius 2 is 1.69 bits per heavy atom. The van der Waals surface area contributed by atoms with Gasteiger partial charge in [-0.25, -0.2) is 0 Å². The lowest BCUT2D eigenvalue weighted by Gasteiger charge is -2.25. The normalized spacial score (nSPS) is 11.9. The number of halogens is 3. The fourth-order valence-corrected chi connectivity index (χ4v) is 2.31. The number of nitrogens with one attached hydrogen (secondary N) is 1. The van der Waals surface area contributed by atoms with Gasteiger partial charge in [0.2, 0.25) is 5.91 Å². The molecule has 0 spiro atoms. The van der Waals surface area contributed by atoms with Crippen LogP contribution in [0.1, 0.15) is 25.0 Å². The summed E-state index contributed by atoms with van der Waals surface area (Å²) in [5.41, 5.74) is 4.25. The molecule has 2 aromatic carbocycles. The van der Waals surface area contributed by atoms with Crippen molar-refractivity contribution in [3.05, 3.63) is 59.7 Å². The van der Waals surface area contributed by atoms with Gasteiger partial charge in [-0.15, -0.1) is 0 Å². The van der Waals surface area contributed by atoms with Crippen molar-refractivity contribution in [1.29, 1.82) is 0 Å². The van der Waals surface area contributed by atoms with Crippen LogP contribution in [0.25, 0.3) is 0 Å². The zero-order valence-electron chi connectivity index (χ0n) is 14.6. The number of anilines is 1. The highest BCUT2D eigenvalue weighted by Crippen LogP contribution is 2.33. The lowest BCUT2D eigenvalue weighted by atomic mass is 9.83. The van der Waals surface area contributed by atoms with Crippen molar-refractivity contribution in [2.45, 2.75) is 25.4 Å². The predicted octanol–water partition coefficient (Wildman–Crippen LogP) is 3.96. The van der Waals surface area contributed by atoms with E-state index in [2.05, 4.69) is 5.32 Å². The SMILES string of the molecule is CC(C)(C(=O)Nc1ccc(OCCN)cc1)c1cccc(C(F)(F)F)c1. The van der Waals surface area contributed by atoms with Crippen molar-refractivity contribution in [1.82, 2.24) is 0 Å². The van der Waals surface area contributed by atoms with Gasteiger partial charge in [0.05, 0.1) is 11.0 Å². The molecular formula is C19H21F3N2O2. The number of carbonyl (C=O) groups excluding carboxylic acids is 1. The maximum absolute atomic E-state index is 12.9. The van der Waals surface area contributed by atoms with Crippen LogP contribution in [0.15, 0.2) is 48.5 Å². The van der Waals surface area contributed by atoms with Crippen LogP contribution < -0.4 is 15.8 Å². The van der Waals surface area contributed by atoms with Crippen molar-refractivity contribution in [2.75, 3.05) is 18.5 Å². The number of hydrogen-bond acceptors (Lipinski definition) is 3. The number of hydrogen-bond donors (Lipinski definition) is 2. The Morgan fingerprint density at radius 3 is 2.27 bits per heavy atom. The van der Waals surface area contributed by atoms with E-state index in [1.807, 2.05) is 0 Å². The van der Waals surface area contributed by atoms with Crippen molar-refractivity contribution in [2.24, 2.45) is 5.73 Å². The molecule has 0 atom stereocenters. The largest absolute Gasteiger partial charge is 0.492 e. The van der Waals surface area contributed by atoms with Gasteiger partial charge in [0.15, 0.2) is 0 Å². The standard InChI is InChI=1S/C19H21F3N2O2/c1-18(2,13-4-3-5-14(12-13)19(20,21)22)17(25)24-15-6-8-16(9-7-15)26-11-10-23/h3-9,12H,10-11,23H2,1-2H3,(H,24,25). The minimum atomic E-state index is -4.46. The van der Waals surface area contributed by atoms with E-state index in [1.54, 1.807) is 38.1 Å². The Morgan fingerprint density at radius 1 is 1.08 bits per heavy atom. The lowest BCUT2D eigenvalue weighted by Crippen LogP contribution is -2.35. The Balaban J connectivity index is 2.15. The molecule has 4 nitrogen and oxygen atoms in total. The molecule has 0 fully saturated rings. The van der Waals surface area contributed by atoms with E-state index in [4.69, 9.17) is 10.5 Å². The highest BCUT2D eigenvalue weighted by molar-refractivity contribution is 5.98. The van der Waals surface area contributed by atoms with Crippen LogP contribution in [-0.4, -0.2) is 19.1 Å². The van der Waals surface area contributed by atoms with E-state index in [0.717, 1.165) is 12.1 Å². The van der Waals surface area contributed by atoms with Crippen molar-refractivity contribution in [3.63, 3.8) is 0 Å². The second-order valence-corrected chi connectivity index (χ2v) is 6.32. The van der Waals surface area contributed by atoms with Crippen LogP contribution in [0.5, 0.6) is 5.75 Å². The summed E-state index contributed by atoms with van der Waals surface area (Å²) >= 11 is 0. The second kappa shape index (κ2) is 7.78. The van der Waals surface area contributed by atoms with Gasteiger partial charge in [0.1, 0.15) is 12.4 Å². The molecule has 1 amide bonds. The fraction of sp³-hybridized carbons (Fsp3) is 0.316. The molecule has 2 rings (SSSR count). The second-order valence-electron chi connectivity index (χ2n) is 6.32. The number of alkyl halides is 3. The molecule has 26 heavy (non-hydrogen) atoms. The van der Waals surface area contributed by atoms with Crippen LogP contribution in [0, 0.1) is 0 Å². The first-order valence-corrected chi connectivity index (χ1v) is 8.06. The first kappa shape index (κ1) is 19.8. The van der Waals surface area contributed by atoms with Gasteiger partial charge in [0, 0.05) is 12.2 Å². The van der Waals surface area contributed by atoms with E-state index in [9.17, 15) is 18.0 Å². The van der Waals surface area contributed by atoms with Crippen molar-refractivity contribution >= 4 is 11.6 Å². The molecule has 0 heterocycles. The topological polar surface area (TPSA) is 64.3 Å². The summed E-state index contributed by atoms with van der Waals surface area (Å²) in [5, 5.41) is 2.72. The van der Waals surface area contributed by atoms with Gasteiger partial charge >= 0.3 is 6.18 Å². The zero-order valence-corrected chi connectivity index (χ0v) is 14.6. The number of benzene rings is 2. The van der Waals surface area contributed by atoms with Crippen molar-refractivity contribution < 1.29 is 22.7 Å². The Hall–Kier alpha value is -2.54. The molecule has 0 aromatic heterocycles. The summed E-state index contributed by atoms with van der Waals surface area (Å²) in [5.74, 6) is 0.207. The zero-order chi connectivity index (χ0) is 19.4. The third-order valence-corrected chi connectivity index (χ3v) is 3.98. The third-order valence-electron chi connectivity index (χ3n) is 3.98. The number of ether oxygens (including phenoxy) is 1. The fourth-order valence-electron chi connectivity index (χ4n) is 2.31. The molecule has 7 heteroatoms. The first-order valence-electron chi connectivity index (χ1n) is 8.06. The van der Waals surface area contributed by atoms with E-state index in [-0.39, 0.29) is 5.56 Å². The maximum Gasteiger partial charge on any atom is 0.416 e. The molecule has 0 radical (unpaired) electrons. The van der Waals surface area contributed by atoms with Crippen molar-refractivity contribution in [3.8, 4) is 5.75 Å².